The van der Waals surface area contributed by atoms with Gasteiger partial charge < -0.3 is 10.6 Å². The average Bonchev–Trinajstić information content (AvgIpc) is 2.47. The van der Waals surface area contributed by atoms with Gasteiger partial charge in [-0.3, -0.25) is 4.79 Å². The maximum atomic E-state index is 12.4. The van der Waals surface area contributed by atoms with Crippen molar-refractivity contribution in [2.45, 2.75) is 52.5 Å². The average molecular weight is 339 g/mol. The summed E-state index contributed by atoms with van der Waals surface area (Å²) in [5.74, 6) is 1.22. The van der Waals surface area contributed by atoms with Crippen LogP contribution >= 0.6 is 12.4 Å². The van der Waals surface area contributed by atoms with Crippen LogP contribution < -0.4 is 10.6 Å². The van der Waals surface area contributed by atoms with Crippen molar-refractivity contribution in [3.63, 3.8) is 0 Å². The Labute approximate surface area is 147 Å². The third-order valence-electron chi connectivity index (χ3n) is 4.84. The van der Waals surface area contributed by atoms with E-state index < -0.39 is 0 Å². The minimum atomic E-state index is -0.326. The van der Waals surface area contributed by atoms with Crippen molar-refractivity contribution in [1.29, 1.82) is 0 Å². The Kier molecular flexibility index (Phi) is 7.56. The maximum Gasteiger partial charge on any atom is 0.220 e. The molecule has 2 unspecified atom stereocenters. The first-order chi connectivity index (χ1) is 10.4. The van der Waals surface area contributed by atoms with E-state index in [1.807, 2.05) is 0 Å². The summed E-state index contributed by atoms with van der Waals surface area (Å²) < 4.78 is 0. The molecule has 0 aromatic heterocycles. The molecule has 0 radical (unpaired) electrons. The molecule has 3 nitrogen and oxygen atoms in total. The van der Waals surface area contributed by atoms with E-state index in [1.165, 1.54) is 18.4 Å². The van der Waals surface area contributed by atoms with Gasteiger partial charge in [-0.15, -0.1) is 12.4 Å². The molecule has 2 N–H and O–H groups in total. The van der Waals surface area contributed by atoms with Crippen molar-refractivity contribution in [2.24, 2.45) is 11.8 Å². The van der Waals surface area contributed by atoms with E-state index >= 15 is 0 Å². The van der Waals surface area contributed by atoms with Gasteiger partial charge in [-0.25, -0.2) is 0 Å². The normalized spacial score (nSPS) is 19.6. The zero-order chi connectivity index (χ0) is 16.2. The Morgan fingerprint density at radius 2 is 2.17 bits per heavy atom. The van der Waals surface area contributed by atoms with Gasteiger partial charge in [-0.05, 0) is 64.1 Å². The summed E-state index contributed by atoms with van der Waals surface area (Å²) in [6.07, 6.45) is 3.08. The first-order valence-corrected chi connectivity index (χ1v) is 8.47. The summed E-state index contributed by atoms with van der Waals surface area (Å²) >= 11 is 0. The van der Waals surface area contributed by atoms with Crippen LogP contribution in [0.5, 0.6) is 0 Å². The van der Waals surface area contributed by atoms with E-state index in [0.29, 0.717) is 18.3 Å². The summed E-state index contributed by atoms with van der Waals surface area (Å²) in [4.78, 5) is 12.4. The van der Waals surface area contributed by atoms with E-state index in [4.69, 9.17) is 0 Å². The molecule has 2 atom stereocenters. The second-order valence-electron chi connectivity index (χ2n) is 7.33. The number of halogens is 1. The van der Waals surface area contributed by atoms with Crippen LogP contribution in [0.2, 0.25) is 0 Å². The van der Waals surface area contributed by atoms with Crippen LogP contribution in [0.4, 0.5) is 0 Å². The first kappa shape index (κ1) is 20.0. The third-order valence-corrected chi connectivity index (χ3v) is 4.84. The van der Waals surface area contributed by atoms with Gasteiger partial charge in [-0.2, -0.15) is 0 Å². The highest BCUT2D eigenvalue weighted by molar-refractivity contribution is 5.85. The highest BCUT2D eigenvalue weighted by atomic mass is 35.5. The second-order valence-corrected chi connectivity index (χ2v) is 7.33. The van der Waals surface area contributed by atoms with E-state index in [1.54, 1.807) is 0 Å². The Bertz CT molecular complexity index is 510. The number of amides is 1. The molecule has 1 aromatic rings. The lowest BCUT2D eigenvalue weighted by molar-refractivity contribution is -0.124. The Morgan fingerprint density at radius 3 is 2.78 bits per heavy atom. The van der Waals surface area contributed by atoms with Gasteiger partial charge in [0.25, 0.3) is 0 Å². The Balaban J connectivity index is 0.00000264. The lowest BCUT2D eigenvalue weighted by Crippen LogP contribution is -2.42. The van der Waals surface area contributed by atoms with Crippen molar-refractivity contribution in [1.82, 2.24) is 10.6 Å². The molecular weight excluding hydrogens is 308 g/mol. The molecule has 2 rings (SSSR count). The Morgan fingerprint density at radius 1 is 1.43 bits per heavy atom. The monoisotopic (exact) mass is 338 g/mol. The van der Waals surface area contributed by atoms with Gasteiger partial charge >= 0.3 is 0 Å². The molecule has 130 valence electrons. The SMILES string of the molecule is Cc1cccc(C(C)(C)NC(=O)CC(C)C2CCCNC2)c1.Cl. The molecule has 1 heterocycles. The van der Waals surface area contributed by atoms with Crippen LogP contribution in [0.25, 0.3) is 0 Å². The second kappa shape index (κ2) is 8.70. The summed E-state index contributed by atoms with van der Waals surface area (Å²) in [6, 6.07) is 8.37. The minimum absolute atomic E-state index is 0. The topological polar surface area (TPSA) is 41.1 Å². The molecule has 4 heteroatoms. The highest BCUT2D eigenvalue weighted by Gasteiger charge is 2.26. The number of piperidine rings is 1. The number of benzene rings is 1. The van der Waals surface area contributed by atoms with Gasteiger partial charge in [0.05, 0.1) is 5.54 Å². The van der Waals surface area contributed by atoms with Crippen LogP contribution in [-0.4, -0.2) is 19.0 Å². The lowest BCUT2D eigenvalue weighted by Gasteiger charge is -2.31. The molecule has 1 amide bonds. The van der Waals surface area contributed by atoms with Crippen molar-refractivity contribution in [3.05, 3.63) is 35.4 Å². The number of nitrogens with one attached hydrogen (secondary N) is 2. The van der Waals surface area contributed by atoms with Gasteiger partial charge in [0.15, 0.2) is 0 Å². The molecule has 0 saturated carbocycles. The number of carbonyl (C=O) groups excluding carboxylic acids is 1. The molecule has 0 bridgehead atoms. The first-order valence-electron chi connectivity index (χ1n) is 8.47. The molecular formula is C19H31ClN2O. The van der Waals surface area contributed by atoms with Crippen molar-refractivity contribution >= 4 is 18.3 Å². The number of hydrogen-bond donors (Lipinski definition) is 2. The number of hydrogen-bond acceptors (Lipinski definition) is 2. The Hall–Kier alpha value is -1.06. The molecule has 1 saturated heterocycles. The van der Waals surface area contributed by atoms with E-state index in [0.717, 1.165) is 18.7 Å². The number of aryl methyl sites for hydroxylation is 1. The predicted molar refractivity (Wildman–Crippen MR) is 99.0 cm³/mol. The zero-order valence-electron chi connectivity index (χ0n) is 14.8. The van der Waals surface area contributed by atoms with Crippen LogP contribution in [0, 0.1) is 18.8 Å². The van der Waals surface area contributed by atoms with E-state index in [-0.39, 0.29) is 23.9 Å². The largest absolute Gasteiger partial charge is 0.347 e. The standard InChI is InChI=1S/C19H30N2O.ClH/c1-14-7-5-9-17(11-14)19(3,4)21-18(22)12-15(2)16-8-6-10-20-13-16;/h5,7,9,11,15-16,20H,6,8,10,12-13H2,1-4H3,(H,21,22);1H. The molecule has 1 aliphatic rings. The zero-order valence-corrected chi connectivity index (χ0v) is 15.6. The molecule has 0 spiro atoms. The molecule has 1 aromatic carbocycles. The summed E-state index contributed by atoms with van der Waals surface area (Å²) in [6.45, 7) is 10.6. The van der Waals surface area contributed by atoms with Crippen molar-refractivity contribution < 1.29 is 4.79 Å². The van der Waals surface area contributed by atoms with Gasteiger partial charge in [0.2, 0.25) is 5.91 Å². The third kappa shape index (κ3) is 5.82. The van der Waals surface area contributed by atoms with Gasteiger partial charge in [-0.1, -0.05) is 36.8 Å². The fourth-order valence-corrected chi connectivity index (χ4v) is 3.33. The van der Waals surface area contributed by atoms with Crippen molar-refractivity contribution in [2.75, 3.05) is 13.1 Å². The smallest absolute Gasteiger partial charge is 0.220 e. The molecule has 1 fully saturated rings. The summed E-state index contributed by atoms with van der Waals surface area (Å²) in [5, 5.41) is 6.65. The minimum Gasteiger partial charge on any atom is -0.347 e. The maximum absolute atomic E-state index is 12.4. The quantitative estimate of drug-likeness (QED) is 0.857. The van der Waals surface area contributed by atoms with Gasteiger partial charge in [0.1, 0.15) is 0 Å². The van der Waals surface area contributed by atoms with Crippen molar-refractivity contribution in [3.8, 4) is 0 Å². The molecule has 0 aliphatic carbocycles. The fourth-order valence-electron chi connectivity index (χ4n) is 3.33. The van der Waals surface area contributed by atoms with Crippen LogP contribution in [0.1, 0.15) is 51.2 Å². The molecule has 23 heavy (non-hydrogen) atoms. The van der Waals surface area contributed by atoms with E-state index in [2.05, 4.69) is 62.6 Å². The lowest BCUT2D eigenvalue weighted by atomic mass is 9.85. The summed E-state index contributed by atoms with van der Waals surface area (Å²) in [5.41, 5.74) is 2.06. The fraction of sp³-hybridized carbons (Fsp3) is 0.632. The van der Waals surface area contributed by atoms with Gasteiger partial charge in [0, 0.05) is 6.42 Å². The van der Waals surface area contributed by atoms with Crippen LogP contribution in [-0.2, 0) is 10.3 Å². The highest BCUT2D eigenvalue weighted by Crippen LogP contribution is 2.25. The number of carbonyl (C=O) groups is 1. The van der Waals surface area contributed by atoms with Crippen LogP contribution in [0.15, 0.2) is 24.3 Å². The predicted octanol–water partition coefficient (Wildman–Crippen LogP) is 3.79. The van der Waals surface area contributed by atoms with Crippen LogP contribution in [0.3, 0.4) is 0 Å². The van der Waals surface area contributed by atoms with E-state index in [9.17, 15) is 4.79 Å². The molecule has 1 aliphatic heterocycles. The summed E-state index contributed by atoms with van der Waals surface area (Å²) in [7, 11) is 0. The number of rotatable bonds is 5.